The quantitative estimate of drug-likeness (QED) is 0.696. The van der Waals surface area contributed by atoms with Gasteiger partial charge in [0.05, 0.1) is 10.0 Å². The summed E-state index contributed by atoms with van der Waals surface area (Å²) < 4.78 is 0. The number of nitrogens with zero attached hydrogens (tertiary/aromatic N) is 3. The molecule has 0 N–H and O–H groups in total. The van der Waals surface area contributed by atoms with Gasteiger partial charge >= 0.3 is 0 Å². The maximum Gasteiger partial charge on any atom is 0.149 e. The summed E-state index contributed by atoms with van der Waals surface area (Å²) >= 11 is 13.4. The highest BCUT2D eigenvalue weighted by molar-refractivity contribution is 7.17. The molecule has 0 spiro atoms. The van der Waals surface area contributed by atoms with Crippen molar-refractivity contribution in [1.29, 1.82) is 0 Å². The minimum atomic E-state index is 0.511. The van der Waals surface area contributed by atoms with Gasteiger partial charge in [-0.15, -0.1) is 10.2 Å². The Bertz CT molecular complexity index is 713. The third kappa shape index (κ3) is 2.61. The maximum atomic E-state index is 6.00. The van der Waals surface area contributed by atoms with Crippen LogP contribution in [0.25, 0.3) is 21.1 Å². The molecule has 0 saturated heterocycles. The molecule has 0 fully saturated rings. The van der Waals surface area contributed by atoms with E-state index >= 15 is 0 Å². The van der Waals surface area contributed by atoms with Crippen molar-refractivity contribution in [3.05, 3.63) is 52.8 Å². The highest BCUT2D eigenvalue weighted by atomic mass is 35.5. The summed E-state index contributed by atoms with van der Waals surface area (Å²) in [5.74, 6) is 0. The van der Waals surface area contributed by atoms with Crippen molar-refractivity contribution in [3.63, 3.8) is 0 Å². The van der Waals surface area contributed by atoms with Crippen LogP contribution in [0.5, 0.6) is 0 Å². The van der Waals surface area contributed by atoms with E-state index in [1.165, 1.54) is 11.3 Å². The molecule has 3 nitrogen and oxygen atoms in total. The molecule has 3 rings (SSSR count). The smallest absolute Gasteiger partial charge is 0.149 e. The average molecular weight is 308 g/mol. The molecule has 0 radical (unpaired) electrons. The number of aromatic nitrogens is 3. The molecule has 6 heteroatoms. The zero-order valence-corrected chi connectivity index (χ0v) is 11.9. The number of halogens is 2. The molecule has 3 aromatic rings. The van der Waals surface area contributed by atoms with Gasteiger partial charge < -0.3 is 0 Å². The monoisotopic (exact) mass is 307 g/mol. The van der Waals surface area contributed by atoms with Crippen molar-refractivity contribution in [3.8, 4) is 21.1 Å². The molecule has 0 bridgehead atoms. The summed E-state index contributed by atoms with van der Waals surface area (Å²) in [5.41, 5.74) is 1.85. The Morgan fingerprint density at radius 3 is 2.37 bits per heavy atom. The Hall–Kier alpha value is -1.49. The van der Waals surface area contributed by atoms with Gasteiger partial charge in [-0.05, 0) is 24.3 Å². The first-order valence-corrected chi connectivity index (χ1v) is 7.00. The molecular weight excluding hydrogens is 301 g/mol. The van der Waals surface area contributed by atoms with Gasteiger partial charge in [0.1, 0.15) is 10.0 Å². The molecule has 0 aliphatic heterocycles. The van der Waals surface area contributed by atoms with Crippen molar-refractivity contribution < 1.29 is 0 Å². The largest absolute Gasteiger partial charge is 0.264 e. The predicted octanol–water partition coefficient (Wildman–Crippen LogP) is 4.57. The van der Waals surface area contributed by atoms with Gasteiger partial charge in [0, 0.05) is 23.5 Å². The summed E-state index contributed by atoms with van der Waals surface area (Å²) in [5, 5.41) is 11.0. The minimum absolute atomic E-state index is 0.511. The molecule has 0 saturated carbocycles. The van der Waals surface area contributed by atoms with E-state index in [1.54, 1.807) is 24.5 Å². The van der Waals surface area contributed by atoms with Gasteiger partial charge in [-0.1, -0.05) is 40.6 Å². The topological polar surface area (TPSA) is 38.7 Å². The third-order valence-corrected chi connectivity index (χ3v) is 4.26. The van der Waals surface area contributed by atoms with Crippen molar-refractivity contribution in [2.75, 3.05) is 0 Å². The van der Waals surface area contributed by atoms with E-state index in [0.717, 1.165) is 21.1 Å². The molecule has 0 aliphatic carbocycles. The van der Waals surface area contributed by atoms with Gasteiger partial charge in [-0.2, -0.15) is 0 Å². The fourth-order valence-corrected chi connectivity index (χ4v) is 2.70. The molecule has 94 valence electrons. The first kappa shape index (κ1) is 12.5. The lowest BCUT2D eigenvalue weighted by molar-refractivity contribution is 1.10. The SMILES string of the molecule is Clc1ccc(-c2nnc(-c3cccnc3)s2)cc1Cl. The zero-order valence-electron chi connectivity index (χ0n) is 9.55. The standard InChI is InChI=1S/C13H7Cl2N3S/c14-10-4-3-8(6-11(10)15)12-17-18-13(19-12)9-2-1-5-16-7-9/h1-7H. The fourth-order valence-electron chi connectivity index (χ4n) is 1.57. The number of pyridine rings is 1. The molecule has 0 aliphatic rings. The third-order valence-electron chi connectivity index (χ3n) is 2.50. The highest BCUT2D eigenvalue weighted by Gasteiger charge is 2.09. The Balaban J connectivity index is 1.99. The molecule has 2 aromatic heterocycles. The molecule has 0 unspecified atom stereocenters. The Labute approximate surface area is 123 Å². The summed E-state index contributed by atoms with van der Waals surface area (Å²) in [6.07, 6.45) is 3.49. The first-order chi connectivity index (χ1) is 9.24. The molecule has 0 atom stereocenters. The van der Waals surface area contributed by atoms with E-state index in [1.807, 2.05) is 18.2 Å². The van der Waals surface area contributed by atoms with E-state index in [9.17, 15) is 0 Å². The number of rotatable bonds is 2. The minimum Gasteiger partial charge on any atom is -0.264 e. The maximum absolute atomic E-state index is 6.00. The van der Waals surface area contributed by atoms with Crippen LogP contribution in [0.3, 0.4) is 0 Å². The van der Waals surface area contributed by atoms with Crippen LogP contribution in [-0.4, -0.2) is 15.2 Å². The first-order valence-electron chi connectivity index (χ1n) is 5.43. The van der Waals surface area contributed by atoms with Gasteiger partial charge in [0.15, 0.2) is 0 Å². The number of hydrogen-bond acceptors (Lipinski definition) is 4. The molecule has 2 heterocycles. The number of benzene rings is 1. The Morgan fingerprint density at radius 1 is 0.895 bits per heavy atom. The van der Waals surface area contributed by atoms with Crippen LogP contribution in [0.2, 0.25) is 10.0 Å². The molecule has 0 amide bonds. The molecular formula is C13H7Cl2N3S. The van der Waals surface area contributed by atoms with Crippen LogP contribution in [0, 0.1) is 0 Å². The van der Waals surface area contributed by atoms with Gasteiger partial charge in [-0.25, -0.2) is 0 Å². The van der Waals surface area contributed by atoms with Crippen LogP contribution in [0.4, 0.5) is 0 Å². The summed E-state index contributed by atoms with van der Waals surface area (Å²) in [6, 6.07) is 9.24. The molecule has 1 aromatic carbocycles. The van der Waals surface area contributed by atoms with Crippen molar-refractivity contribution in [2.45, 2.75) is 0 Å². The van der Waals surface area contributed by atoms with Crippen molar-refractivity contribution in [1.82, 2.24) is 15.2 Å². The lowest BCUT2D eigenvalue weighted by Gasteiger charge is -1.98. The van der Waals surface area contributed by atoms with Crippen molar-refractivity contribution in [2.24, 2.45) is 0 Å². The van der Waals surface area contributed by atoms with Gasteiger partial charge in [0.25, 0.3) is 0 Å². The van der Waals surface area contributed by atoms with Crippen LogP contribution < -0.4 is 0 Å². The summed E-state index contributed by atoms with van der Waals surface area (Å²) in [6.45, 7) is 0. The second-order valence-electron chi connectivity index (χ2n) is 3.78. The zero-order chi connectivity index (χ0) is 13.2. The number of hydrogen-bond donors (Lipinski definition) is 0. The highest BCUT2D eigenvalue weighted by Crippen LogP contribution is 2.32. The van der Waals surface area contributed by atoms with E-state index in [-0.39, 0.29) is 0 Å². The van der Waals surface area contributed by atoms with Crippen LogP contribution in [0.15, 0.2) is 42.7 Å². The van der Waals surface area contributed by atoms with Crippen LogP contribution in [-0.2, 0) is 0 Å². The fraction of sp³-hybridized carbons (Fsp3) is 0. The second-order valence-corrected chi connectivity index (χ2v) is 5.57. The van der Waals surface area contributed by atoms with E-state index in [2.05, 4.69) is 15.2 Å². The predicted molar refractivity (Wildman–Crippen MR) is 78.6 cm³/mol. The van der Waals surface area contributed by atoms with E-state index < -0.39 is 0 Å². The Morgan fingerprint density at radius 2 is 1.68 bits per heavy atom. The van der Waals surface area contributed by atoms with Crippen LogP contribution in [0.1, 0.15) is 0 Å². The normalized spacial score (nSPS) is 10.6. The lowest BCUT2D eigenvalue weighted by atomic mass is 10.2. The second kappa shape index (κ2) is 5.25. The van der Waals surface area contributed by atoms with Gasteiger partial charge in [0.2, 0.25) is 0 Å². The van der Waals surface area contributed by atoms with E-state index in [4.69, 9.17) is 23.2 Å². The summed E-state index contributed by atoms with van der Waals surface area (Å²) in [4.78, 5) is 4.07. The Kier molecular flexibility index (Phi) is 3.46. The van der Waals surface area contributed by atoms with Crippen LogP contribution >= 0.6 is 34.5 Å². The molecule has 19 heavy (non-hydrogen) atoms. The van der Waals surface area contributed by atoms with E-state index in [0.29, 0.717) is 10.0 Å². The summed E-state index contributed by atoms with van der Waals surface area (Å²) in [7, 11) is 0. The van der Waals surface area contributed by atoms with Crippen molar-refractivity contribution >= 4 is 34.5 Å². The lowest BCUT2D eigenvalue weighted by Crippen LogP contribution is -1.78. The average Bonchev–Trinajstić information content (AvgIpc) is 2.93. The van der Waals surface area contributed by atoms with Gasteiger partial charge in [-0.3, -0.25) is 4.98 Å².